The van der Waals surface area contributed by atoms with Crippen molar-refractivity contribution in [2.24, 2.45) is 11.8 Å². The van der Waals surface area contributed by atoms with Crippen LogP contribution in [-0.4, -0.2) is 29.3 Å². The Bertz CT molecular complexity index is 650. The number of anilines is 1. The summed E-state index contributed by atoms with van der Waals surface area (Å²) in [5, 5.41) is 3.75. The maximum atomic E-state index is 12.7. The molecule has 1 heterocycles. The SMILES string of the molecule is CCC1CCCCN1C(=O)C1CC1C(=O)Nc1cc(Cl)ccc1Cl. The van der Waals surface area contributed by atoms with Crippen molar-refractivity contribution in [3.8, 4) is 0 Å². The number of hydrogen-bond donors (Lipinski definition) is 1. The zero-order valence-corrected chi connectivity index (χ0v) is 15.2. The highest BCUT2D eigenvalue weighted by Gasteiger charge is 2.50. The Balaban J connectivity index is 1.61. The Hall–Kier alpha value is -1.26. The molecule has 1 aromatic carbocycles. The fourth-order valence-corrected chi connectivity index (χ4v) is 3.84. The fraction of sp³-hybridized carbons (Fsp3) is 0.556. The molecule has 2 amide bonds. The number of rotatable bonds is 4. The van der Waals surface area contributed by atoms with Crippen molar-refractivity contribution in [2.75, 3.05) is 11.9 Å². The van der Waals surface area contributed by atoms with Crippen LogP contribution in [0.3, 0.4) is 0 Å². The van der Waals surface area contributed by atoms with Gasteiger partial charge in [-0.3, -0.25) is 9.59 Å². The molecule has 1 aromatic rings. The molecule has 3 unspecified atom stereocenters. The van der Waals surface area contributed by atoms with Crippen LogP contribution in [0.1, 0.15) is 39.0 Å². The quantitative estimate of drug-likeness (QED) is 0.857. The van der Waals surface area contributed by atoms with E-state index < -0.39 is 0 Å². The van der Waals surface area contributed by atoms with Gasteiger partial charge in [0.1, 0.15) is 0 Å². The highest BCUT2D eigenvalue weighted by Crippen LogP contribution is 2.42. The van der Waals surface area contributed by atoms with Gasteiger partial charge < -0.3 is 10.2 Å². The van der Waals surface area contributed by atoms with Crippen molar-refractivity contribution in [2.45, 2.75) is 45.1 Å². The topological polar surface area (TPSA) is 49.4 Å². The number of benzene rings is 1. The van der Waals surface area contributed by atoms with Crippen molar-refractivity contribution >= 4 is 40.7 Å². The van der Waals surface area contributed by atoms with Gasteiger partial charge in [-0.15, -0.1) is 0 Å². The highest BCUT2D eigenvalue weighted by molar-refractivity contribution is 6.35. The van der Waals surface area contributed by atoms with Crippen LogP contribution in [-0.2, 0) is 9.59 Å². The van der Waals surface area contributed by atoms with Gasteiger partial charge in [0.2, 0.25) is 11.8 Å². The van der Waals surface area contributed by atoms with Gasteiger partial charge in [0.05, 0.1) is 22.5 Å². The molecule has 1 aliphatic carbocycles. The highest BCUT2D eigenvalue weighted by atomic mass is 35.5. The van der Waals surface area contributed by atoms with Crippen molar-refractivity contribution in [1.82, 2.24) is 4.90 Å². The lowest BCUT2D eigenvalue weighted by molar-refractivity contribution is -0.137. The maximum absolute atomic E-state index is 12.7. The predicted molar refractivity (Wildman–Crippen MR) is 96.3 cm³/mol. The van der Waals surface area contributed by atoms with E-state index in [1.165, 1.54) is 6.42 Å². The second-order valence-corrected chi connectivity index (χ2v) is 7.50. The lowest BCUT2D eigenvalue weighted by Gasteiger charge is -2.35. The van der Waals surface area contributed by atoms with Crippen molar-refractivity contribution < 1.29 is 9.59 Å². The molecule has 1 saturated heterocycles. The minimum absolute atomic E-state index is 0.138. The molecule has 3 atom stereocenters. The molecule has 1 aliphatic heterocycles. The van der Waals surface area contributed by atoms with Crippen LogP contribution < -0.4 is 5.32 Å². The van der Waals surface area contributed by atoms with Crippen LogP contribution >= 0.6 is 23.2 Å². The van der Waals surface area contributed by atoms with Crippen molar-refractivity contribution in [3.63, 3.8) is 0 Å². The second kappa shape index (κ2) is 7.32. The Kier molecular flexibility index (Phi) is 5.36. The normalized spacial score (nSPS) is 26.1. The van der Waals surface area contributed by atoms with Gasteiger partial charge >= 0.3 is 0 Å². The van der Waals surface area contributed by atoms with Crippen LogP contribution in [0.2, 0.25) is 10.0 Å². The monoisotopic (exact) mass is 368 g/mol. The average Bonchev–Trinajstić information content (AvgIpc) is 3.38. The zero-order valence-electron chi connectivity index (χ0n) is 13.7. The van der Waals surface area contributed by atoms with E-state index in [0.29, 0.717) is 28.2 Å². The Morgan fingerprint density at radius 3 is 2.79 bits per heavy atom. The van der Waals surface area contributed by atoms with E-state index in [9.17, 15) is 9.59 Å². The van der Waals surface area contributed by atoms with Crippen LogP contribution in [0.25, 0.3) is 0 Å². The molecule has 2 fully saturated rings. The minimum atomic E-state index is -0.257. The van der Waals surface area contributed by atoms with Gasteiger partial charge in [-0.05, 0) is 50.3 Å². The van der Waals surface area contributed by atoms with Gasteiger partial charge in [-0.2, -0.15) is 0 Å². The molecule has 0 radical (unpaired) electrons. The number of piperidine rings is 1. The summed E-state index contributed by atoms with van der Waals surface area (Å²) in [7, 11) is 0. The van der Waals surface area contributed by atoms with E-state index in [1.54, 1.807) is 18.2 Å². The second-order valence-electron chi connectivity index (χ2n) is 6.65. The molecule has 24 heavy (non-hydrogen) atoms. The summed E-state index contributed by atoms with van der Waals surface area (Å²) in [6.07, 6.45) is 4.92. The van der Waals surface area contributed by atoms with Gasteiger partial charge in [-0.25, -0.2) is 0 Å². The average molecular weight is 369 g/mol. The molecule has 0 bridgehead atoms. The summed E-state index contributed by atoms with van der Waals surface area (Å²) in [6.45, 7) is 2.94. The van der Waals surface area contributed by atoms with E-state index in [2.05, 4.69) is 12.2 Å². The van der Waals surface area contributed by atoms with Crippen molar-refractivity contribution in [3.05, 3.63) is 28.2 Å². The van der Waals surface area contributed by atoms with Crippen LogP contribution in [0.15, 0.2) is 18.2 Å². The molecular formula is C18H22Cl2N2O2. The first-order valence-corrected chi connectivity index (χ1v) is 9.33. The standard InChI is InChI=1S/C18H22Cl2N2O2/c1-2-12-5-3-4-8-22(12)18(24)14-10-13(14)17(23)21-16-9-11(19)6-7-15(16)20/h6-7,9,12-14H,2-5,8,10H2,1H3,(H,21,23). The van der Waals surface area contributed by atoms with Gasteiger partial charge in [0, 0.05) is 17.6 Å². The number of nitrogens with zero attached hydrogens (tertiary/aromatic N) is 1. The van der Waals surface area contributed by atoms with Gasteiger partial charge in [0.25, 0.3) is 0 Å². The Morgan fingerprint density at radius 2 is 2.04 bits per heavy atom. The number of amides is 2. The Labute approximate surface area is 152 Å². The third-order valence-electron chi connectivity index (χ3n) is 5.01. The van der Waals surface area contributed by atoms with Crippen LogP contribution in [0.4, 0.5) is 5.69 Å². The van der Waals surface area contributed by atoms with Crippen molar-refractivity contribution in [1.29, 1.82) is 0 Å². The molecule has 4 nitrogen and oxygen atoms in total. The molecule has 6 heteroatoms. The maximum Gasteiger partial charge on any atom is 0.228 e. The molecule has 2 aliphatic rings. The third-order valence-corrected chi connectivity index (χ3v) is 5.58. The lowest BCUT2D eigenvalue weighted by atomic mass is 9.99. The van der Waals surface area contributed by atoms with E-state index in [1.807, 2.05) is 4.90 Å². The number of likely N-dealkylation sites (tertiary alicyclic amines) is 1. The van der Waals surface area contributed by atoms with E-state index in [4.69, 9.17) is 23.2 Å². The zero-order chi connectivity index (χ0) is 17.3. The number of halogens is 2. The number of carbonyl (C=O) groups is 2. The first kappa shape index (κ1) is 17.6. The summed E-state index contributed by atoms with van der Waals surface area (Å²) in [4.78, 5) is 27.1. The van der Waals surface area contributed by atoms with E-state index in [-0.39, 0.29) is 23.7 Å². The van der Waals surface area contributed by atoms with Gasteiger partial charge in [0.15, 0.2) is 0 Å². The number of carbonyl (C=O) groups excluding carboxylic acids is 2. The first-order valence-electron chi connectivity index (χ1n) is 8.57. The molecule has 0 spiro atoms. The fourth-order valence-electron chi connectivity index (χ4n) is 3.50. The van der Waals surface area contributed by atoms with Crippen LogP contribution in [0.5, 0.6) is 0 Å². The lowest BCUT2D eigenvalue weighted by Crippen LogP contribution is -2.44. The predicted octanol–water partition coefficient (Wildman–Crippen LogP) is 4.36. The molecule has 0 aromatic heterocycles. The summed E-state index contributed by atoms with van der Waals surface area (Å²) >= 11 is 12.0. The summed E-state index contributed by atoms with van der Waals surface area (Å²) < 4.78 is 0. The number of hydrogen-bond acceptors (Lipinski definition) is 2. The largest absolute Gasteiger partial charge is 0.339 e. The summed E-state index contributed by atoms with van der Waals surface area (Å²) in [6, 6.07) is 5.27. The number of nitrogens with one attached hydrogen (secondary N) is 1. The van der Waals surface area contributed by atoms with E-state index in [0.717, 1.165) is 25.8 Å². The van der Waals surface area contributed by atoms with E-state index >= 15 is 0 Å². The first-order chi connectivity index (χ1) is 11.5. The van der Waals surface area contributed by atoms with Gasteiger partial charge in [-0.1, -0.05) is 30.1 Å². The minimum Gasteiger partial charge on any atom is -0.339 e. The molecule has 3 rings (SSSR count). The molecule has 1 saturated carbocycles. The molecule has 1 N–H and O–H groups in total. The van der Waals surface area contributed by atoms with Crippen LogP contribution in [0, 0.1) is 11.8 Å². The summed E-state index contributed by atoms with van der Waals surface area (Å²) in [5.41, 5.74) is 0.497. The smallest absolute Gasteiger partial charge is 0.228 e. The Morgan fingerprint density at radius 1 is 1.25 bits per heavy atom. The molecule has 130 valence electrons. The third kappa shape index (κ3) is 3.70. The summed E-state index contributed by atoms with van der Waals surface area (Å²) in [5.74, 6) is -0.455. The molecular weight excluding hydrogens is 347 g/mol.